The van der Waals surface area contributed by atoms with Gasteiger partial charge in [0.1, 0.15) is 0 Å². The van der Waals surface area contributed by atoms with Gasteiger partial charge in [-0.05, 0) is 52.7 Å². The lowest BCUT2D eigenvalue weighted by molar-refractivity contribution is -0.134. The largest absolute Gasteiger partial charge is 0.340 e. The smallest absolute Gasteiger partial charge is 0.222 e. The van der Waals surface area contributed by atoms with Gasteiger partial charge in [-0.2, -0.15) is 0 Å². The highest BCUT2D eigenvalue weighted by molar-refractivity contribution is 5.76. The first-order valence-corrected chi connectivity index (χ1v) is 13.0. The molecule has 0 radical (unpaired) electrons. The second kappa shape index (κ2) is 20.7. The molecule has 0 aromatic rings. The third-order valence-corrected chi connectivity index (χ3v) is 6.04. The van der Waals surface area contributed by atoms with E-state index in [-0.39, 0.29) is 0 Å². The highest BCUT2D eigenvalue weighted by Crippen LogP contribution is 2.20. The van der Waals surface area contributed by atoms with Crippen molar-refractivity contribution in [3.05, 3.63) is 0 Å². The van der Waals surface area contributed by atoms with Gasteiger partial charge in [0.25, 0.3) is 0 Å². The summed E-state index contributed by atoms with van der Waals surface area (Å²) in [5, 5.41) is 0. The normalized spacial score (nSPS) is 12.5. The maximum absolute atomic E-state index is 13.2. The summed E-state index contributed by atoms with van der Waals surface area (Å²) in [7, 11) is 4.28. The number of rotatable bonds is 21. The van der Waals surface area contributed by atoms with Crippen molar-refractivity contribution in [3.8, 4) is 0 Å². The molecule has 0 spiro atoms. The van der Waals surface area contributed by atoms with Crippen LogP contribution in [0.15, 0.2) is 0 Å². The lowest BCUT2D eigenvalue weighted by Crippen LogP contribution is -2.41. The standard InChI is InChI=1S/C26H54N2O/c1-6-9-12-14-16-21-25(20-11-8-3)28(24-19-18-23-27(4)5)26(29)22-17-15-13-10-7-2/h25H,6-24H2,1-5H3. The van der Waals surface area contributed by atoms with E-state index in [1.807, 2.05) is 0 Å². The van der Waals surface area contributed by atoms with Crippen LogP contribution in [0, 0.1) is 0 Å². The highest BCUT2D eigenvalue weighted by Gasteiger charge is 2.22. The Balaban J connectivity index is 4.75. The van der Waals surface area contributed by atoms with Crippen LogP contribution in [0.3, 0.4) is 0 Å². The van der Waals surface area contributed by atoms with E-state index < -0.39 is 0 Å². The van der Waals surface area contributed by atoms with Crippen molar-refractivity contribution in [3.63, 3.8) is 0 Å². The van der Waals surface area contributed by atoms with Crippen LogP contribution in [0.1, 0.15) is 130 Å². The molecule has 1 amide bonds. The first-order valence-electron chi connectivity index (χ1n) is 13.0. The van der Waals surface area contributed by atoms with Crippen LogP contribution in [0.4, 0.5) is 0 Å². The van der Waals surface area contributed by atoms with Gasteiger partial charge >= 0.3 is 0 Å². The lowest BCUT2D eigenvalue weighted by Gasteiger charge is -2.33. The van der Waals surface area contributed by atoms with Crippen molar-refractivity contribution in [2.45, 2.75) is 136 Å². The van der Waals surface area contributed by atoms with Gasteiger partial charge in [-0.15, -0.1) is 0 Å². The summed E-state index contributed by atoms with van der Waals surface area (Å²) >= 11 is 0. The van der Waals surface area contributed by atoms with Gasteiger partial charge in [0, 0.05) is 19.0 Å². The monoisotopic (exact) mass is 410 g/mol. The Labute approximate surface area is 184 Å². The minimum absolute atomic E-state index is 0.431. The van der Waals surface area contributed by atoms with E-state index in [2.05, 4.69) is 44.7 Å². The van der Waals surface area contributed by atoms with Crippen LogP contribution in [-0.4, -0.2) is 48.9 Å². The molecule has 0 heterocycles. The number of carbonyl (C=O) groups is 1. The molecule has 0 saturated heterocycles. The molecule has 1 unspecified atom stereocenters. The molecule has 3 heteroatoms. The van der Waals surface area contributed by atoms with Gasteiger partial charge in [0.05, 0.1) is 0 Å². The molecular weight excluding hydrogens is 356 g/mol. The van der Waals surface area contributed by atoms with E-state index in [1.165, 1.54) is 89.9 Å². The molecule has 0 N–H and O–H groups in total. The lowest BCUT2D eigenvalue weighted by atomic mass is 9.99. The molecule has 0 aliphatic heterocycles. The molecule has 0 aliphatic carbocycles. The Morgan fingerprint density at radius 3 is 1.72 bits per heavy atom. The van der Waals surface area contributed by atoms with Gasteiger partial charge in [-0.1, -0.05) is 91.4 Å². The van der Waals surface area contributed by atoms with Crippen LogP contribution >= 0.6 is 0 Å². The van der Waals surface area contributed by atoms with E-state index in [9.17, 15) is 4.79 Å². The first kappa shape index (κ1) is 28.4. The zero-order valence-electron chi connectivity index (χ0n) is 20.8. The Morgan fingerprint density at radius 1 is 0.621 bits per heavy atom. The Kier molecular flexibility index (Phi) is 20.3. The fourth-order valence-corrected chi connectivity index (χ4v) is 4.12. The quantitative estimate of drug-likeness (QED) is 0.184. The number of hydrogen-bond acceptors (Lipinski definition) is 2. The Morgan fingerprint density at radius 2 is 1.14 bits per heavy atom. The predicted octanol–water partition coefficient (Wildman–Crippen LogP) is 7.44. The summed E-state index contributed by atoms with van der Waals surface area (Å²) in [6, 6.07) is 0.471. The van der Waals surface area contributed by atoms with Crippen LogP contribution in [0.2, 0.25) is 0 Å². The molecule has 0 rings (SSSR count). The average Bonchev–Trinajstić information content (AvgIpc) is 2.70. The van der Waals surface area contributed by atoms with Crippen molar-refractivity contribution in [1.29, 1.82) is 0 Å². The van der Waals surface area contributed by atoms with E-state index in [0.717, 1.165) is 32.4 Å². The van der Waals surface area contributed by atoms with E-state index in [0.29, 0.717) is 11.9 Å². The van der Waals surface area contributed by atoms with Gasteiger partial charge in [0.2, 0.25) is 5.91 Å². The topological polar surface area (TPSA) is 23.6 Å². The third kappa shape index (κ3) is 16.9. The molecule has 3 nitrogen and oxygen atoms in total. The van der Waals surface area contributed by atoms with Gasteiger partial charge < -0.3 is 9.80 Å². The molecule has 0 saturated carbocycles. The summed E-state index contributed by atoms with van der Waals surface area (Å²) < 4.78 is 0. The fraction of sp³-hybridized carbons (Fsp3) is 0.962. The van der Waals surface area contributed by atoms with E-state index in [4.69, 9.17) is 0 Å². The average molecular weight is 411 g/mol. The maximum Gasteiger partial charge on any atom is 0.222 e. The van der Waals surface area contributed by atoms with Crippen molar-refractivity contribution in [1.82, 2.24) is 9.80 Å². The highest BCUT2D eigenvalue weighted by atomic mass is 16.2. The first-order chi connectivity index (χ1) is 14.1. The molecule has 0 fully saturated rings. The Bertz CT molecular complexity index is 357. The third-order valence-electron chi connectivity index (χ3n) is 6.04. The minimum atomic E-state index is 0.431. The van der Waals surface area contributed by atoms with Crippen molar-refractivity contribution in [2.75, 3.05) is 27.2 Å². The van der Waals surface area contributed by atoms with E-state index >= 15 is 0 Å². The number of nitrogens with zero attached hydrogens (tertiary/aromatic N) is 2. The number of hydrogen-bond donors (Lipinski definition) is 0. The summed E-state index contributed by atoms with van der Waals surface area (Å²) in [5.74, 6) is 0.431. The van der Waals surface area contributed by atoms with Crippen molar-refractivity contribution < 1.29 is 4.79 Å². The molecule has 0 aromatic carbocycles. The molecular formula is C26H54N2O. The predicted molar refractivity (Wildman–Crippen MR) is 130 cm³/mol. The van der Waals surface area contributed by atoms with Gasteiger partial charge in [-0.25, -0.2) is 0 Å². The van der Waals surface area contributed by atoms with Gasteiger partial charge in [-0.3, -0.25) is 4.79 Å². The van der Waals surface area contributed by atoms with Crippen molar-refractivity contribution >= 4 is 5.91 Å². The number of amides is 1. The zero-order chi connectivity index (χ0) is 21.7. The van der Waals surface area contributed by atoms with Crippen LogP contribution in [-0.2, 0) is 4.79 Å². The van der Waals surface area contributed by atoms with Gasteiger partial charge in [0.15, 0.2) is 0 Å². The van der Waals surface area contributed by atoms with Crippen LogP contribution in [0.5, 0.6) is 0 Å². The summed E-state index contributed by atoms with van der Waals surface area (Å²) in [6.07, 6.45) is 20.7. The molecule has 0 aliphatic rings. The number of unbranched alkanes of at least 4 members (excludes halogenated alkanes) is 10. The molecule has 29 heavy (non-hydrogen) atoms. The van der Waals surface area contributed by atoms with Crippen LogP contribution in [0.25, 0.3) is 0 Å². The SMILES string of the molecule is CCCCCCCC(=O)N(CCCCN(C)C)C(CCCC)CCCCCCC. The molecule has 1 atom stereocenters. The summed E-state index contributed by atoms with van der Waals surface area (Å²) in [5.41, 5.74) is 0. The minimum Gasteiger partial charge on any atom is -0.340 e. The van der Waals surface area contributed by atoms with Crippen LogP contribution < -0.4 is 0 Å². The zero-order valence-corrected chi connectivity index (χ0v) is 20.8. The molecule has 0 bridgehead atoms. The second-order valence-electron chi connectivity index (χ2n) is 9.26. The summed E-state index contributed by atoms with van der Waals surface area (Å²) in [6.45, 7) is 8.88. The Hall–Kier alpha value is -0.570. The number of carbonyl (C=O) groups excluding carboxylic acids is 1. The second-order valence-corrected chi connectivity index (χ2v) is 9.26. The maximum atomic E-state index is 13.2. The fourth-order valence-electron chi connectivity index (χ4n) is 4.12. The molecule has 0 aromatic heterocycles. The van der Waals surface area contributed by atoms with E-state index in [1.54, 1.807) is 0 Å². The summed E-state index contributed by atoms with van der Waals surface area (Å²) in [4.78, 5) is 17.7. The molecule has 174 valence electrons. The van der Waals surface area contributed by atoms with Crippen molar-refractivity contribution in [2.24, 2.45) is 0 Å².